The average molecular weight is 248 g/mol. The SMILES string of the molecule is Cc1ccn(CCNCC2CCCCC2)c(=O)c1. The Bertz CT molecular complexity index is 419. The van der Waals surface area contributed by atoms with Gasteiger partial charge in [0.25, 0.3) is 5.56 Å². The Hall–Kier alpha value is -1.09. The quantitative estimate of drug-likeness (QED) is 0.811. The fraction of sp³-hybridized carbons (Fsp3) is 0.667. The summed E-state index contributed by atoms with van der Waals surface area (Å²) in [7, 11) is 0. The Labute approximate surface area is 109 Å². The lowest BCUT2D eigenvalue weighted by Crippen LogP contribution is -2.30. The lowest BCUT2D eigenvalue weighted by atomic mass is 9.89. The lowest BCUT2D eigenvalue weighted by Gasteiger charge is -2.21. The summed E-state index contributed by atoms with van der Waals surface area (Å²) in [6.07, 6.45) is 8.83. The maximum Gasteiger partial charge on any atom is 0.250 e. The van der Waals surface area contributed by atoms with Crippen molar-refractivity contribution in [1.82, 2.24) is 9.88 Å². The summed E-state index contributed by atoms with van der Waals surface area (Å²) in [5.41, 5.74) is 1.14. The van der Waals surface area contributed by atoms with Crippen LogP contribution in [-0.4, -0.2) is 17.7 Å². The minimum absolute atomic E-state index is 0.106. The summed E-state index contributed by atoms with van der Waals surface area (Å²) in [4.78, 5) is 11.7. The average Bonchev–Trinajstić information content (AvgIpc) is 2.38. The Morgan fingerprint density at radius 3 is 2.83 bits per heavy atom. The van der Waals surface area contributed by atoms with Crippen molar-refractivity contribution in [3.8, 4) is 0 Å². The minimum atomic E-state index is 0.106. The molecule has 0 spiro atoms. The van der Waals surface area contributed by atoms with E-state index in [9.17, 15) is 4.79 Å². The van der Waals surface area contributed by atoms with E-state index in [1.165, 1.54) is 32.1 Å². The highest BCUT2D eigenvalue weighted by atomic mass is 16.1. The zero-order valence-corrected chi connectivity index (χ0v) is 11.3. The van der Waals surface area contributed by atoms with Crippen LogP contribution in [0.5, 0.6) is 0 Å². The van der Waals surface area contributed by atoms with E-state index in [-0.39, 0.29) is 5.56 Å². The summed E-state index contributed by atoms with van der Waals surface area (Å²) < 4.78 is 1.78. The van der Waals surface area contributed by atoms with Gasteiger partial charge in [0.05, 0.1) is 0 Å². The predicted octanol–water partition coefficient (Wildman–Crippen LogP) is 2.33. The van der Waals surface area contributed by atoms with Crippen LogP contribution in [0.1, 0.15) is 37.7 Å². The number of hydrogen-bond donors (Lipinski definition) is 1. The molecule has 0 atom stereocenters. The molecule has 0 aromatic carbocycles. The lowest BCUT2D eigenvalue weighted by molar-refractivity contribution is 0.340. The van der Waals surface area contributed by atoms with E-state index < -0.39 is 0 Å². The van der Waals surface area contributed by atoms with Crippen molar-refractivity contribution in [2.24, 2.45) is 5.92 Å². The molecule has 1 aliphatic carbocycles. The first-order valence-corrected chi connectivity index (χ1v) is 7.13. The van der Waals surface area contributed by atoms with Gasteiger partial charge in [0.15, 0.2) is 0 Å². The van der Waals surface area contributed by atoms with Crippen LogP contribution in [-0.2, 0) is 6.54 Å². The number of rotatable bonds is 5. The Kier molecular flexibility index (Phi) is 5.00. The van der Waals surface area contributed by atoms with Gasteiger partial charge in [-0.2, -0.15) is 0 Å². The van der Waals surface area contributed by atoms with Crippen molar-refractivity contribution in [2.45, 2.75) is 45.6 Å². The Balaban J connectivity index is 1.70. The van der Waals surface area contributed by atoms with Crippen LogP contribution in [0.15, 0.2) is 23.1 Å². The van der Waals surface area contributed by atoms with Gasteiger partial charge in [0.1, 0.15) is 0 Å². The molecule has 1 heterocycles. The van der Waals surface area contributed by atoms with E-state index in [0.29, 0.717) is 0 Å². The molecule has 0 unspecified atom stereocenters. The van der Waals surface area contributed by atoms with Crippen LogP contribution < -0.4 is 10.9 Å². The molecule has 2 rings (SSSR count). The van der Waals surface area contributed by atoms with E-state index in [0.717, 1.165) is 31.1 Å². The second-order valence-corrected chi connectivity index (χ2v) is 5.44. The van der Waals surface area contributed by atoms with Gasteiger partial charge in [-0.1, -0.05) is 19.3 Å². The molecule has 18 heavy (non-hydrogen) atoms. The second kappa shape index (κ2) is 6.74. The summed E-state index contributed by atoms with van der Waals surface area (Å²) >= 11 is 0. The van der Waals surface area contributed by atoms with Crippen LogP contribution in [0.2, 0.25) is 0 Å². The maximum absolute atomic E-state index is 11.7. The van der Waals surface area contributed by atoms with Crippen molar-refractivity contribution in [2.75, 3.05) is 13.1 Å². The smallest absolute Gasteiger partial charge is 0.250 e. The van der Waals surface area contributed by atoms with E-state index in [1.807, 2.05) is 19.2 Å². The second-order valence-electron chi connectivity index (χ2n) is 5.44. The van der Waals surface area contributed by atoms with Crippen LogP contribution in [0.3, 0.4) is 0 Å². The summed E-state index contributed by atoms with van der Waals surface area (Å²) in [5.74, 6) is 0.855. The molecule has 0 aliphatic heterocycles. The highest BCUT2D eigenvalue weighted by Gasteiger charge is 2.12. The fourth-order valence-corrected chi connectivity index (χ4v) is 2.69. The molecule has 3 nitrogen and oxygen atoms in total. The zero-order chi connectivity index (χ0) is 12.8. The topological polar surface area (TPSA) is 34.0 Å². The molecule has 0 amide bonds. The van der Waals surface area contributed by atoms with Crippen molar-refractivity contribution in [1.29, 1.82) is 0 Å². The Morgan fingerprint density at radius 2 is 2.11 bits per heavy atom. The number of aryl methyl sites for hydroxylation is 1. The largest absolute Gasteiger partial charge is 0.315 e. The molecule has 0 bridgehead atoms. The minimum Gasteiger partial charge on any atom is -0.315 e. The monoisotopic (exact) mass is 248 g/mol. The van der Waals surface area contributed by atoms with Gasteiger partial charge in [-0.3, -0.25) is 4.79 Å². The first kappa shape index (κ1) is 13.3. The first-order valence-electron chi connectivity index (χ1n) is 7.13. The first-order chi connectivity index (χ1) is 8.75. The third-order valence-electron chi connectivity index (χ3n) is 3.84. The molecular weight excluding hydrogens is 224 g/mol. The molecule has 1 saturated carbocycles. The van der Waals surface area contributed by atoms with Gasteiger partial charge < -0.3 is 9.88 Å². The molecule has 100 valence electrons. The summed E-state index contributed by atoms with van der Waals surface area (Å²) in [6.45, 7) is 4.72. The van der Waals surface area contributed by atoms with Gasteiger partial charge in [0.2, 0.25) is 0 Å². The van der Waals surface area contributed by atoms with Crippen LogP contribution in [0.25, 0.3) is 0 Å². The number of nitrogens with zero attached hydrogens (tertiary/aromatic N) is 1. The van der Waals surface area contributed by atoms with E-state index in [2.05, 4.69) is 5.32 Å². The number of pyridine rings is 1. The third-order valence-corrected chi connectivity index (χ3v) is 3.84. The molecule has 1 aliphatic rings. The fourth-order valence-electron chi connectivity index (χ4n) is 2.69. The normalized spacial score (nSPS) is 16.9. The molecule has 3 heteroatoms. The molecule has 0 saturated heterocycles. The van der Waals surface area contributed by atoms with Gasteiger partial charge in [-0.15, -0.1) is 0 Å². The van der Waals surface area contributed by atoms with Crippen LogP contribution in [0, 0.1) is 12.8 Å². The number of aromatic nitrogens is 1. The van der Waals surface area contributed by atoms with Crippen molar-refractivity contribution in [3.63, 3.8) is 0 Å². The predicted molar refractivity (Wildman–Crippen MR) is 74.9 cm³/mol. The number of nitrogens with one attached hydrogen (secondary N) is 1. The third kappa shape index (κ3) is 3.98. The van der Waals surface area contributed by atoms with Gasteiger partial charge in [-0.05, 0) is 43.9 Å². The number of hydrogen-bond acceptors (Lipinski definition) is 2. The molecule has 1 fully saturated rings. The zero-order valence-electron chi connectivity index (χ0n) is 11.3. The standard InChI is InChI=1S/C15H24N2O/c1-13-7-9-17(15(18)11-13)10-8-16-12-14-5-3-2-4-6-14/h7,9,11,14,16H,2-6,8,10,12H2,1H3. The van der Waals surface area contributed by atoms with Crippen molar-refractivity contribution in [3.05, 3.63) is 34.2 Å². The Morgan fingerprint density at radius 1 is 1.33 bits per heavy atom. The van der Waals surface area contributed by atoms with E-state index >= 15 is 0 Å². The molecule has 1 aromatic heterocycles. The van der Waals surface area contributed by atoms with Crippen molar-refractivity contribution >= 4 is 0 Å². The molecule has 1 aromatic rings. The highest BCUT2D eigenvalue weighted by Crippen LogP contribution is 2.22. The van der Waals surface area contributed by atoms with Crippen LogP contribution in [0.4, 0.5) is 0 Å². The summed E-state index contributed by atoms with van der Waals surface area (Å²) in [5, 5.41) is 3.49. The van der Waals surface area contributed by atoms with Crippen LogP contribution >= 0.6 is 0 Å². The maximum atomic E-state index is 11.7. The highest BCUT2D eigenvalue weighted by molar-refractivity contribution is 5.07. The van der Waals surface area contributed by atoms with Crippen molar-refractivity contribution < 1.29 is 0 Å². The van der Waals surface area contributed by atoms with Gasteiger partial charge >= 0.3 is 0 Å². The van der Waals surface area contributed by atoms with E-state index in [1.54, 1.807) is 10.6 Å². The molecule has 0 radical (unpaired) electrons. The molecular formula is C15H24N2O. The molecule has 1 N–H and O–H groups in total. The van der Waals surface area contributed by atoms with Gasteiger partial charge in [-0.25, -0.2) is 0 Å². The van der Waals surface area contributed by atoms with E-state index in [4.69, 9.17) is 0 Å². The summed E-state index contributed by atoms with van der Waals surface area (Å²) in [6, 6.07) is 3.68. The van der Waals surface area contributed by atoms with Gasteiger partial charge in [0, 0.05) is 25.4 Å².